The summed E-state index contributed by atoms with van der Waals surface area (Å²) in [6.45, 7) is 2.72. The molecular weight excluding hydrogens is 429 g/mol. The number of methoxy groups -OCH3 is 1. The highest BCUT2D eigenvalue weighted by Gasteiger charge is 2.39. The van der Waals surface area contributed by atoms with Crippen LogP contribution in [-0.4, -0.2) is 36.6 Å². The first-order valence-electron chi connectivity index (χ1n) is 9.66. The first kappa shape index (κ1) is 21.0. The van der Waals surface area contributed by atoms with Crippen LogP contribution in [0.15, 0.2) is 46.0 Å². The summed E-state index contributed by atoms with van der Waals surface area (Å²) in [5.41, 5.74) is 1.23. The molecule has 9 heteroatoms. The third-order valence-corrected chi connectivity index (χ3v) is 6.55. The number of thiazole rings is 1. The van der Waals surface area contributed by atoms with Gasteiger partial charge in [0.25, 0.3) is 0 Å². The van der Waals surface area contributed by atoms with Crippen molar-refractivity contribution in [1.29, 1.82) is 0 Å². The van der Waals surface area contributed by atoms with E-state index in [2.05, 4.69) is 17.2 Å². The lowest BCUT2D eigenvalue weighted by Gasteiger charge is -2.29. The standard InChI is InChI=1S/C21H21ClFN3O3S/c1-3-11-9-14(29-10-11)18-15(21(27)28-2)17(12-5-4-6-13(23)16(12)22)25-19(26-18)20-24-7-8-30-20/h4-8,11,14,17H,3,9-10H2,1-2H3,(H,25,26)/t11-,14?,17?/m0/s1. The number of ether oxygens (including phenoxy) is 2. The van der Waals surface area contributed by atoms with Crippen molar-refractivity contribution >= 4 is 34.7 Å². The van der Waals surface area contributed by atoms with E-state index >= 15 is 0 Å². The average molecular weight is 450 g/mol. The van der Waals surface area contributed by atoms with E-state index in [0.717, 1.165) is 12.8 Å². The molecule has 2 unspecified atom stereocenters. The number of rotatable bonds is 5. The summed E-state index contributed by atoms with van der Waals surface area (Å²) in [4.78, 5) is 21.9. The number of nitrogens with zero attached hydrogens (tertiary/aromatic N) is 2. The zero-order valence-corrected chi connectivity index (χ0v) is 18.1. The molecule has 0 aliphatic carbocycles. The Bertz CT molecular complexity index is 1010. The molecule has 2 aliphatic rings. The maximum absolute atomic E-state index is 14.2. The summed E-state index contributed by atoms with van der Waals surface area (Å²) in [6.07, 6.45) is 3.08. The van der Waals surface area contributed by atoms with Gasteiger partial charge in [0.2, 0.25) is 0 Å². The number of benzene rings is 1. The zero-order chi connectivity index (χ0) is 21.3. The maximum atomic E-state index is 14.2. The number of carbonyl (C=O) groups is 1. The van der Waals surface area contributed by atoms with Gasteiger partial charge in [0, 0.05) is 17.1 Å². The average Bonchev–Trinajstić information content (AvgIpc) is 3.46. The maximum Gasteiger partial charge on any atom is 0.338 e. The second-order valence-corrected chi connectivity index (χ2v) is 8.41. The van der Waals surface area contributed by atoms with E-state index in [1.54, 1.807) is 18.3 Å². The number of carbonyl (C=O) groups excluding carboxylic acids is 1. The van der Waals surface area contributed by atoms with Gasteiger partial charge < -0.3 is 14.8 Å². The van der Waals surface area contributed by atoms with Crippen molar-refractivity contribution in [2.24, 2.45) is 10.9 Å². The Kier molecular flexibility index (Phi) is 6.17. The molecule has 0 saturated carbocycles. The van der Waals surface area contributed by atoms with E-state index in [-0.39, 0.29) is 16.7 Å². The van der Waals surface area contributed by atoms with Gasteiger partial charge in [-0.05, 0) is 18.4 Å². The lowest BCUT2D eigenvalue weighted by molar-refractivity contribution is -0.136. The van der Waals surface area contributed by atoms with Crippen molar-refractivity contribution in [2.45, 2.75) is 31.9 Å². The number of amidine groups is 1. The van der Waals surface area contributed by atoms with Crippen molar-refractivity contribution in [3.05, 3.63) is 62.5 Å². The smallest absolute Gasteiger partial charge is 0.338 e. The molecule has 2 aliphatic heterocycles. The van der Waals surface area contributed by atoms with Gasteiger partial charge in [-0.25, -0.2) is 14.2 Å². The van der Waals surface area contributed by atoms with Crippen molar-refractivity contribution in [3.8, 4) is 0 Å². The van der Waals surface area contributed by atoms with Gasteiger partial charge in [-0.15, -0.1) is 11.3 Å². The minimum absolute atomic E-state index is 0.0776. The number of hydrogen-bond donors (Lipinski definition) is 1. The SMILES string of the molecule is CC[C@@H]1COC(C2=C(C(=O)OC)C(c3cccc(F)c3Cl)N=C(c3nccs3)N2)C1. The van der Waals surface area contributed by atoms with Crippen LogP contribution in [0.1, 0.15) is 36.4 Å². The predicted octanol–water partition coefficient (Wildman–Crippen LogP) is 4.27. The highest BCUT2D eigenvalue weighted by Crippen LogP contribution is 2.40. The lowest BCUT2D eigenvalue weighted by atomic mass is 9.91. The van der Waals surface area contributed by atoms with Crippen LogP contribution in [0.3, 0.4) is 0 Å². The molecule has 3 atom stereocenters. The van der Waals surface area contributed by atoms with Gasteiger partial charge in [-0.3, -0.25) is 4.99 Å². The van der Waals surface area contributed by atoms with Crippen LogP contribution >= 0.6 is 22.9 Å². The second-order valence-electron chi connectivity index (χ2n) is 7.14. The molecule has 0 radical (unpaired) electrons. The van der Waals surface area contributed by atoms with Crippen molar-refractivity contribution in [3.63, 3.8) is 0 Å². The number of esters is 1. The number of aromatic nitrogens is 1. The Morgan fingerprint density at radius 1 is 1.47 bits per heavy atom. The van der Waals surface area contributed by atoms with Crippen LogP contribution in [0.25, 0.3) is 0 Å². The molecule has 0 spiro atoms. The van der Waals surface area contributed by atoms with Crippen LogP contribution in [0.4, 0.5) is 4.39 Å². The molecule has 1 fully saturated rings. The summed E-state index contributed by atoms with van der Waals surface area (Å²) in [5.74, 6) is -0.260. The number of halogens is 2. The van der Waals surface area contributed by atoms with E-state index in [1.807, 2.05) is 5.38 Å². The Balaban J connectivity index is 1.88. The molecule has 0 bridgehead atoms. The third-order valence-electron chi connectivity index (χ3n) is 5.37. The van der Waals surface area contributed by atoms with Gasteiger partial charge in [0.1, 0.15) is 11.9 Å². The molecule has 3 heterocycles. The fourth-order valence-electron chi connectivity index (χ4n) is 3.74. The second kappa shape index (κ2) is 8.83. The van der Waals surface area contributed by atoms with Crippen molar-refractivity contribution in [2.75, 3.05) is 13.7 Å². The van der Waals surface area contributed by atoms with E-state index < -0.39 is 17.8 Å². The normalized spacial score (nSPS) is 23.9. The summed E-state index contributed by atoms with van der Waals surface area (Å²) in [5, 5.41) is 5.67. The lowest BCUT2D eigenvalue weighted by Crippen LogP contribution is -2.38. The van der Waals surface area contributed by atoms with E-state index in [1.165, 1.54) is 24.5 Å². The first-order chi connectivity index (χ1) is 14.5. The van der Waals surface area contributed by atoms with Crippen molar-refractivity contribution in [1.82, 2.24) is 10.3 Å². The Hall–Kier alpha value is -2.29. The number of aliphatic imine (C=N–C) groups is 1. The molecule has 1 N–H and O–H groups in total. The van der Waals surface area contributed by atoms with Gasteiger partial charge >= 0.3 is 5.97 Å². The summed E-state index contributed by atoms with van der Waals surface area (Å²) in [6, 6.07) is 3.63. The Morgan fingerprint density at radius 2 is 2.30 bits per heavy atom. The topological polar surface area (TPSA) is 72.8 Å². The van der Waals surface area contributed by atoms with E-state index in [0.29, 0.717) is 34.6 Å². The quantitative estimate of drug-likeness (QED) is 0.690. The zero-order valence-electron chi connectivity index (χ0n) is 16.5. The minimum atomic E-state index is -0.847. The highest BCUT2D eigenvalue weighted by atomic mass is 35.5. The first-order valence-corrected chi connectivity index (χ1v) is 10.9. The van der Waals surface area contributed by atoms with Crippen molar-refractivity contribution < 1.29 is 18.7 Å². The van der Waals surface area contributed by atoms with Gasteiger partial charge in [-0.2, -0.15) is 0 Å². The molecular formula is C21H21ClFN3O3S. The van der Waals surface area contributed by atoms with Crippen LogP contribution in [0.2, 0.25) is 5.02 Å². The number of hydrogen-bond acceptors (Lipinski definition) is 7. The van der Waals surface area contributed by atoms with Crippen LogP contribution in [0.5, 0.6) is 0 Å². The van der Waals surface area contributed by atoms with E-state index in [9.17, 15) is 9.18 Å². The van der Waals surface area contributed by atoms with Gasteiger partial charge in [0.15, 0.2) is 10.8 Å². The monoisotopic (exact) mass is 449 g/mol. The molecule has 2 aromatic rings. The van der Waals surface area contributed by atoms with E-state index in [4.69, 9.17) is 26.1 Å². The number of nitrogens with one attached hydrogen (secondary N) is 1. The summed E-state index contributed by atoms with van der Waals surface area (Å²) < 4.78 is 25.3. The van der Waals surface area contributed by atoms with Crippen LogP contribution < -0.4 is 5.32 Å². The molecule has 158 valence electrons. The van der Waals surface area contributed by atoms with Crippen LogP contribution in [-0.2, 0) is 14.3 Å². The van der Waals surface area contributed by atoms with Crippen LogP contribution in [0, 0.1) is 11.7 Å². The molecule has 4 rings (SSSR count). The summed E-state index contributed by atoms with van der Waals surface area (Å²) in [7, 11) is 1.31. The van der Waals surface area contributed by atoms with Gasteiger partial charge in [0.05, 0.1) is 36.1 Å². The molecule has 0 amide bonds. The van der Waals surface area contributed by atoms with Gasteiger partial charge in [-0.1, -0.05) is 37.1 Å². The molecule has 1 aromatic heterocycles. The predicted molar refractivity (Wildman–Crippen MR) is 113 cm³/mol. The largest absolute Gasteiger partial charge is 0.466 e. The Morgan fingerprint density at radius 3 is 2.97 bits per heavy atom. The Labute approximate surface area is 182 Å². The highest BCUT2D eigenvalue weighted by molar-refractivity contribution is 7.11. The molecule has 6 nitrogen and oxygen atoms in total. The molecule has 1 saturated heterocycles. The third kappa shape index (κ3) is 3.87. The molecule has 1 aromatic carbocycles. The fraction of sp³-hybridized carbons (Fsp3) is 0.381. The minimum Gasteiger partial charge on any atom is -0.466 e. The fourth-order valence-corrected chi connectivity index (χ4v) is 4.55. The summed E-state index contributed by atoms with van der Waals surface area (Å²) >= 11 is 7.69. The molecule has 30 heavy (non-hydrogen) atoms.